The second kappa shape index (κ2) is 8.64. The third kappa shape index (κ3) is 3.88. The van der Waals surface area contributed by atoms with E-state index < -0.39 is 0 Å². The number of thiophene rings is 1. The molecule has 5 nitrogen and oxygen atoms in total. The van der Waals surface area contributed by atoms with Gasteiger partial charge in [-0.25, -0.2) is 9.97 Å². The molecule has 2 aliphatic rings. The molecule has 1 aliphatic heterocycles. The van der Waals surface area contributed by atoms with Crippen LogP contribution in [0.25, 0.3) is 10.2 Å². The second-order valence-electron chi connectivity index (χ2n) is 9.35. The molecular formula is C25H29ClN4OS. The van der Waals surface area contributed by atoms with Gasteiger partial charge in [-0.1, -0.05) is 44.5 Å². The monoisotopic (exact) mass is 468 g/mol. The van der Waals surface area contributed by atoms with Crippen LogP contribution in [0.15, 0.2) is 24.3 Å². The predicted octanol–water partition coefficient (Wildman–Crippen LogP) is 5.56. The maximum atomic E-state index is 13.0. The van der Waals surface area contributed by atoms with E-state index in [1.165, 1.54) is 22.2 Å². The molecule has 168 valence electrons. The van der Waals surface area contributed by atoms with Crippen LogP contribution in [0.4, 0.5) is 5.82 Å². The highest BCUT2D eigenvalue weighted by molar-refractivity contribution is 7.19. The third-order valence-electron chi connectivity index (χ3n) is 6.64. The van der Waals surface area contributed by atoms with Crippen LogP contribution in [0.1, 0.15) is 59.7 Å². The number of nitrogens with zero attached hydrogens (tertiary/aromatic N) is 4. The van der Waals surface area contributed by atoms with Crippen LogP contribution in [0.3, 0.4) is 0 Å². The number of carbonyl (C=O) groups is 1. The number of fused-ring (bicyclic) bond motifs is 3. The fourth-order valence-corrected chi connectivity index (χ4v) is 6.35. The summed E-state index contributed by atoms with van der Waals surface area (Å²) in [6.07, 6.45) is 3.48. The summed E-state index contributed by atoms with van der Waals surface area (Å²) in [7, 11) is 0. The average Bonchev–Trinajstić information content (AvgIpc) is 3.15. The minimum Gasteiger partial charge on any atom is -0.352 e. The van der Waals surface area contributed by atoms with Crippen molar-refractivity contribution >= 4 is 44.9 Å². The molecule has 5 rings (SSSR count). The molecule has 3 aromatic rings. The number of rotatable bonds is 3. The van der Waals surface area contributed by atoms with Crippen LogP contribution >= 0.6 is 22.9 Å². The summed E-state index contributed by atoms with van der Waals surface area (Å²) in [5, 5.41) is 1.77. The molecule has 2 aromatic heterocycles. The van der Waals surface area contributed by atoms with Gasteiger partial charge in [0.1, 0.15) is 16.5 Å². The van der Waals surface area contributed by atoms with Crippen LogP contribution in [-0.2, 0) is 12.8 Å². The largest absolute Gasteiger partial charge is 0.352 e. The van der Waals surface area contributed by atoms with Gasteiger partial charge in [0, 0.05) is 37.0 Å². The number of halogens is 1. The lowest BCUT2D eigenvalue weighted by atomic mass is 9.89. The summed E-state index contributed by atoms with van der Waals surface area (Å²) in [5.41, 5.74) is 2.04. The molecular weight excluding hydrogens is 440 g/mol. The zero-order chi connectivity index (χ0) is 22.4. The molecule has 1 amide bonds. The van der Waals surface area contributed by atoms with Gasteiger partial charge in [0.15, 0.2) is 0 Å². The Morgan fingerprint density at radius 2 is 1.91 bits per heavy atom. The quantitative estimate of drug-likeness (QED) is 0.505. The van der Waals surface area contributed by atoms with Crippen molar-refractivity contribution in [2.24, 2.45) is 5.92 Å². The van der Waals surface area contributed by atoms with Crippen molar-refractivity contribution in [2.75, 3.05) is 31.1 Å². The van der Waals surface area contributed by atoms with Crippen LogP contribution in [0.2, 0.25) is 5.02 Å². The van der Waals surface area contributed by atoms with Crippen molar-refractivity contribution in [1.29, 1.82) is 0 Å². The average molecular weight is 469 g/mol. The highest BCUT2D eigenvalue weighted by Crippen LogP contribution is 2.41. The summed E-state index contributed by atoms with van der Waals surface area (Å²) in [6.45, 7) is 9.50. The van der Waals surface area contributed by atoms with Gasteiger partial charge in [0.05, 0.1) is 16.0 Å². The summed E-state index contributed by atoms with van der Waals surface area (Å²) >= 11 is 8.13. The van der Waals surface area contributed by atoms with E-state index in [2.05, 4.69) is 25.7 Å². The number of anilines is 1. The number of carbonyl (C=O) groups excluding carboxylic acids is 1. The number of benzene rings is 1. The van der Waals surface area contributed by atoms with E-state index in [1.807, 2.05) is 28.4 Å². The number of hydrogen-bond acceptors (Lipinski definition) is 5. The summed E-state index contributed by atoms with van der Waals surface area (Å²) in [6, 6.07) is 7.29. The number of aryl methyl sites for hydroxylation is 1. The number of piperazine rings is 1. The first kappa shape index (κ1) is 21.7. The first-order chi connectivity index (χ1) is 15.4. The molecule has 1 aromatic carbocycles. The standard InChI is InChI=1S/C25H29ClN4OS/c1-15(2)22-27-23(21-18-9-8-16(3)14-20(18)32-24(21)28-22)29-10-12-30(13-11-29)25(31)17-6-4-5-7-19(17)26/h4-7,15-16H,8-14H2,1-3H3/t16-/m1/s1. The van der Waals surface area contributed by atoms with E-state index in [0.29, 0.717) is 23.7 Å². The van der Waals surface area contributed by atoms with Crippen LogP contribution in [0.5, 0.6) is 0 Å². The van der Waals surface area contributed by atoms with Gasteiger partial charge >= 0.3 is 0 Å². The Balaban J connectivity index is 1.45. The molecule has 0 bridgehead atoms. The lowest BCUT2D eigenvalue weighted by Crippen LogP contribution is -2.49. The van der Waals surface area contributed by atoms with E-state index in [0.717, 1.165) is 48.3 Å². The minimum absolute atomic E-state index is 0.00727. The zero-order valence-corrected chi connectivity index (χ0v) is 20.5. The summed E-state index contributed by atoms with van der Waals surface area (Å²) < 4.78 is 0. The summed E-state index contributed by atoms with van der Waals surface area (Å²) in [4.78, 5) is 29.9. The molecule has 3 heterocycles. The molecule has 0 radical (unpaired) electrons. The molecule has 7 heteroatoms. The molecule has 0 N–H and O–H groups in total. The minimum atomic E-state index is 0.00727. The number of hydrogen-bond donors (Lipinski definition) is 0. The topological polar surface area (TPSA) is 49.3 Å². The van der Waals surface area contributed by atoms with Crippen LogP contribution in [0, 0.1) is 5.92 Å². The molecule has 1 aliphatic carbocycles. The fourth-order valence-electron chi connectivity index (χ4n) is 4.75. The van der Waals surface area contributed by atoms with Crippen LogP contribution in [-0.4, -0.2) is 47.0 Å². The van der Waals surface area contributed by atoms with E-state index in [9.17, 15) is 4.79 Å². The van der Waals surface area contributed by atoms with Gasteiger partial charge in [0.25, 0.3) is 5.91 Å². The smallest absolute Gasteiger partial charge is 0.255 e. The normalized spacial score (nSPS) is 19.0. The zero-order valence-electron chi connectivity index (χ0n) is 18.9. The number of amides is 1. The van der Waals surface area contributed by atoms with Crippen molar-refractivity contribution in [3.8, 4) is 0 Å². The lowest BCUT2D eigenvalue weighted by molar-refractivity contribution is 0.0747. The van der Waals surface area contributed by atoms with Gasteiger partial charge in [-0.15, -0.1) is 11.3 Å². The van der Waals surface area contributed by atoms with Gasteiger partial charge in [-0.2, -0.15) is 0 Å². The molecule has 0 unspecified atom stereocenters. The highest BCUT2D eigenvalue weighted by Gasteiger charge is 2.29. The van der Waals surface area contributed by atoms with Gasteiger partial charge in [-0.05, 0) is 42.9 Å². The molecule has 1 atom stereocenters. The van der Waals surface area contributed by atoms with E-state index in [4.69, 9.17) is 21.6 Å². The van der Waals surface area contributed by atoms with Gasteiger partial charge in [-0.3, -0.25) is 4.79 Å². The van der Waals surface area contributed by atoms with Crippen molar-refractivity contribution in [2.45, 2.75) is 46.0 Å². The van der Waals surface area contributed by atoms with Crippen molar-refractivity contribution in [1.82, 2.24) is 14.9 Å². The van der Waals surface area contributed by atoms with Crippen molar-refractivity contribution in [3.63, 3.8) is 0 Å². The van der Waals surface area contributed by atoms with Crippen LogP contribution < -0.4 is 4.90 Å². The SMILES string of the molecule is CC(C)c1nc(N2CCN(C(=O)c3ccccc3Cl)CC2)c2c3c(sc2n1)C[C@H](C)CC3. The van der Waals surface area contributed by atoms with E-state index >= 15 is 0 Å². The van der Waals surface area contributed by atoms with E-state index in [1.54, 1.807) is 12.1 Å². The maximum absolute atomic E-state index is 13.0. The molecule has 0 saturated carbocycles. The fraction of sp³-hybridized carbons (Fsp3) is 0.480. The molecule has 0 spiro atoms. The Morgan fingerprint density at radius 3 is 2.62 bits per heavy atom. The molecule has 1 fully saturated rings. The van der Waals surface area contributed by atoms with Crippen molar-refractivity contribution in [3.05, 3.63) is 51.1 Å². The van der Waals surface area contributed by atoms with E-state index in [-0.39, 0.29) is 11.8 Å². The second-order valence-corrected chi connectivity index (χ2v) is 10.8. The first-order valence-electron chi connectivity index (χ1n) is 11.5. The Kier molecular flexibility index (Phi) is 5.84. The van der Waals surface area contributed by atoms with Crippen molar-refractivity contribution < 1.29 is 4.79 Å². The molecule has 32 heavy (non-hydrogen) atoms. The third-order valence-corrected chi connectivity index (χ3v) is 8.12. The highest BCUT2D eigenvalue weighted by atomic mass is 35.5. The first-order valence-corrected chi connectivity index (χ1v) is 12.7. The Bertz CT molecular complexity index is 1170. The lowest BCUT2D eigenvalue weighted by Gasteiger charge is -2.36. The van der Waals surface area contributed by atoms with Gasteiger partial charge in [0.2, 0.25) is 0 Å². The summed E-state index contributed by atoms with van der Waals surface area (Å²) in [5.74, 6) is 2.99. The number of aromatic nitrogens is 2. The Morgan fingerprint density at radius 1 is 1.16 bits per heavy atom. The Hall–Kier alpha value is -2.18. The molecule has 1 saturated heterocycles. The van der Waals surface area contributed by atoms with Gasteiger partial charge < -0.3 is 9.80 Å². The maximum Gasteiger partial charge on any atom is 0.255 e. The predicted molar refractivity (Wildman–Crippen MR) is 132 cm³/mol. The Labute approximate surface area is 198 Å².